The molecule has 1 fully saturated rings. The average molecular weight is 298 g/mol. The van der Waals surface area contributed by atoms with Crippen LogP contribution in [0, 0.1) is 0 Å². The van der Waals surface area contributed by atoms with E-state index in [1.165, 1.54) is 6.07 Å². The number of rotatable bonds is 3. The highest BCUT2D eigenvalue weighted by atomic mass is 32.2. The minimum atomic E-state index is -3.62. The summed E-state index contributed by atoms with van der Waals surface area (Å²) in [6.07, 6.45) is 2.70. The number of carbonyl (C=O) groups is 1. The smallest absolute Gasteiger partial charge is 0.314 e. The molecule has 0 radical (unpaired) electrons. The van der Waals surface area contributed by atoms with E-state index >= 15 is 0 Å². The van der Waals surface area contributed by atoms with Crippen molar-refractivity contribution in [1.29, 1.82) is 0 Å². The molecule has 0 unspecified atom stereocenters. The molecule has 0 atom stereocenters. The molecular formula is C13H14O6S. The summed E-state index contributed by atoms with van der Waals surface area (Å²) in [5.41, 5.74) is -0.817. The quantitative estimate of drug-likeness (QED) is 0.905. The first-order valence-electron chi connectivity index (χ1n) is 6.23. The number of ether oxygens (including phenoxy) is 2. The molecule has 1 N–H and O–H groups in total. The zero-order chi connectivity index (χ0) is 14.5. The molecule has 0 bridgehead atoms. The van der Waals surface area contributed by atoms with Crippen LogP contribution in [-0.4, -0.2) is 32.5 Å². The van der Waals surface area contributed by atoms with Crippen molar-refractivity contribution in [3.05, 3.63) is 17.7 Å². The summed E-state index contributed by atoms with van der Waals surface area (Å²) in [5, 5.41) is 9.51. The number of hydrogen-bond donors (Lipinski definition) is 1. The average Bonchev–Trinajstić information content (AvgIpc) is 2.72. The van der Waals surface area contributed by atoms with Gasteiger partial charge in [-0.2, -0.15) is 0 Å². The highest BCUT2D eigenvalue weighted by Gasteiger charge is 2.49. The molecule has 1 aliphatic carbocycles. The molecule has 0 saturated heterocycles. The van der Waals surface area contributed by atoms with Gasteiger partial charge in [-0.25, -0.2) is 8.42 Å². The van der Waals surface area contributed by atoms with Crippen LogP contribution in [0.3, 0.4) is 0 Å². The highest BCUT2D eigenvalue weighted by molar-refractivity contribution is 7.90. The maximum Gasteiger partial charge on any atom is 0.314 e. The SMILES string of the molecule is CS(=O)(=O)c1c(C2(C(=O)O)CCC2)ccc2c1OCO2. The molecule has 1 aromatic rings. The summed E-state index contributed by atoms with van der Waals surface area (Å²) >= 11 is 0. The van der Waals surface area contributed by atoms with E-state index in [9.17, 15) is 18.3 Å². The largest absolute Gasteiger partial charge is 0.481 e. The molecule has 7 heteroatoms. The molecule has 3 rings (SSSR count). The van der Waals surface area contributed by atoms with Gasteiger partial charge in [-0.3, -0.25) is 4.79 Å². The van der Waals surface area contributed by atoms with Gasteiger partial charge in [0.25, 0.3) is 0 Å². The third-order valence-electron chi connectivity index (χ3n) is 4.00. The Morgan fingerprint density at radius 2 is 2.00 bits per heavy atom. The second-order valence-electron chi connectivity index (χ2n) is 5.19. The highest BCUT2D eigenvalue weighted by Crippen LogP contribution is 2.51. The van der Waals surface area contributed by atoms with Crippen molar-refractivity contribution in [3.63, 3.8) is 0 Å². The van der Waals surface area contributed by atoms with Crippen LogP contribution in [0.2, 0.25) is 0 Å². The Kier molecular flexibility index (Phi) is 2.72. The maximum atomic E-state index is 12.1. The van der Waals surface area contributed by atoms with Crippen LogP contribution < -0.4 is 9.47 Å². The minimum Gasteiger partial charge on any atom is -0.481 e. The van der Waals surface area contributed by atoms with Crippen molar-refractivity contribution in [2.45, 2.75) is 29.6 Å². The zero-order valence-electron chi connectivity index (χ0n) is 10.9. The normalized spacial score (nSPS) is 19.4. The summed E-state index contributed by atoms with van der Waals surface area (Å²) in [5.74, 6) is -0.515. The second-order valence-corrected chi connectivity index (χ2v) is 7.14. The number of carboxylic acids is 1. The lowest BCUT2D eigenvalue weighted by atomic mass is 9.64. The van der Waals surface area contributed by atoms with E-state index in [1.54, 1.807) is 6.07 Å². The van der Waals surface area contributed by atoms with E-state index in [0.29, 0.717) is 24.2 Å². The summed E-state index contributed by atoms with van der Waals surface area (Å²) in [7, 11) is -3.62. The van der Waals surface area contributed by atoms with Gasteiger partial charge in [-0.1, -0.05) is 12.5 Å². The predicted molar refractivity (Wildman–Crippen MR) is 68.8 cm³/mol. The summed E-state index contributed by atoms with van der Waals surface area (Å²) < 4.78 is 34.6. The molecule has 0 aromatic heterocycles. The Labute approximate surface area is 116 Å². The van der Waals surface area contributed by atoms with Gasteiger partial charge >= 0.3 is 5.97 Å². The summed E-state index contributed by atoms with van der Waals surface area (Å²) in [4.78, 5) is 11.6. The van der Waals surface area contributed by atoms with Gasteiger partial charge in [0.1, 0.15) is 4.90 Å². The van der Waals surface area contributed by atoms with Gasteiger partial charge in [0.05, 0.1) is 5.41 Å². The van der Waals surface area contributed by atoms with Crippen molar-refractivity contribution < 1.29 is 27.8 Å². The molecule has 2 aliphatic rings. The minimum absolute atomic E-state index is 0.0467. The van der Waals surface area contributed by atoms with Gasteiger partial charge < -0.3 is 14.6 Å². The van der Waals surface area contributed by atoms with Gasteiger partial charge in [-0.05, 0) is 24.5 Å². The van der Waals surface area contributed by atoms with Crippen molar-refractivity contribution >= 4 is 15.8 Å². The van der Waals surface area contributed by atoms with Gasteiger partial charge in [0.2, 0.25) is 6.79 Å². The Bertz CT molecular complexity index is 687. The Morgan fingerprint density at radius 1 is 1.30 bits per heavy atom. The first-order chi connectivity index (χ1) is 9.36. The zero-order valence-corrected chi connectivity index (χ0v) is 11.7. The summed E-state index contributed by atoms with van der Waals surface area (Å²) in [6, 6.07) is 3.12. The van der Waals surface area contributed by atoms with E-state index in [1.807, 2.05) is 0 Å². The van der Waals surface area contributed by atoms with E-state index in [0.717, 1.165) is 12.7 Å². The van der Waals surface area contributed by atoms with Crippen LogP contribution in [0.25, 0.3) is 0 Å². The molecule has 1 aliphatic heterocycles. The van der Waals surface area contributed by atoms with E-state index < -0.39 is 21.2 Å². The molecule has 0 amide bonds. The third-order valence-corrected chi connectivity index (χ3v) is 5.14. The first kappa shape index (κ1) is 13.2. The number of sulfone groups is 1. The molecule has 1 saturated carbocycles. The fourth-order valence-electron chi connectivity index (χ4n) is 2.82. The number of carboxylic acid groups (broad SMARTS) is 1. The molecule has 0 spiro atoms. The fraction of sp³-hybridized carbons (Fsp3) is 0.462. The number of benzene rings is 1. The van der Waals surface area contributed by atoms with Crippen LogP contribution in [0.5, 0.6) is 11.5 Å². The molecule has 6 nitrogen and oxygen atoms in total. The van der Waals surface area contributed by atoms with Gasteiger partial charge in [0, 0.05) is 6.26 Å². The van der Waals surface area contributed by atoms with Crippen LogP contribution in [0.1, 0.15) is 24.8 Å². The van der Waals surface area contributed by atoms with Crippen molar-refractivity contribution in [2.75, 3.05) is 13.0 Å². The molecule has 1 heterocycles. The second kappa shape index (κ2) is 4.12. The fourth-order valence-corrected chi connectivity index (χ4v) is 3.98. The lowest BCUT2D eigenvalue weighted by Crippen LogP contribution is -2.43. The Balaban J connectivity index is 2.30. The predicted octanol–water partition coefficient (Wildman–Crippen LogP) is 1.33. The maximum absolute atomic E-state index is 12.1. The third kappa shape index (κ3) is 1.69. The van der Waals surface area contributed by atoms with E-state index in [4.69, 9.17) is 9.47 Å². The Morgan fingerprint density at radius 3 is 2.50 bits per heavy atom. The molecular weight excluding hydrogens is 284 g/mol. The topological polar surface area (TPSA) is 89.9 Å². The van der Waals surface area contributed by atoms with E-state index in [-0.39, 0.29) is 17.4 Å². The van der Waals surface area contributed by atoms with Crippen LogP contribution >= 0.6 is 0 Å². The number of aliphatic carboxylic acids is 1. The van der Waals surface area contributed by atoms with Crippen molar-refractivity contribution in [2.24, 2.45) is 0 Å². The van der Waals surface area contributed by atoms with Crippen molar-refractivity contribution in [1.82, 2.24) is 0 Å². The van der Waals surface area contributed by atoms with E-state index in [2.05, 4.69) is 0 Å². The first-order valence-corrected chi connectivity index (χ1v) is 8.12. The number of fused-ring (bicyclic) bond motifs is 1. The molecule has 1 aromatic carbocycles. The standard InChI is InChI=1S/C13H14O6S/c1-20(16,17)11-8(13(12(14)15)5-2-6-13)3-4-9-10(11)19-7-18-9/h3-4H,2,5-7H2,1H3,(H,14,15). The lowest BCUT2D eigenvalue weighted by molar-refractivity contribution is -0.147. The van der Waals surface area contributed by atoms with Gasteiger partial charge in [-0.15, -0.1) is 0 Å². The van der Waals surface area contributed by atoms with Crippen molar-refractivity contribution in [3.8, 4) is 11.5 Å². The van der Waals surface area contributed by atoms with Crippen LogP contribution in [0.15, 0.2) is 17.0 Å². The monoisotopic (exact) mass is 298 g/mol. The van der Waals surface area contributed by atoms with Crippen LogP contribution in [0.4, 0.5) is 0 Å². The lowest BCUT2D eigenvalue weighted by Gasteiger charge is -2.39. The van der Waals surface area contributed by atoms with Crippen LogP contribution in [-0.2, 0) is 20.0 Å². The van der Waals surface area contributed by atoms with Gasteiger partial charge in [0.15, 0.2) is 21.3 Å². The number of hydrogen-bond acceptors (Lipinski definition) is 5. The molecule has 20 heavy (non-hydrogen) atoms. The molecule has 108 valence electrons. The Hall–Kier alpha value is -1.76. The summed E-state index contributed by atoms with van der Waals surface area (Å²) in [6.45, 7) is -0.0542.